The standard InChI is InChI=1S/C13H12FN3O2/c14-9-3-1-8(2-4-9)13(5-6-13)15-12(19)10-7-11(18)17-16-10/h1-4H,5-7H2,(H,15,19)(H,17,18). The van der Waals surface area contributed by atoms with Crippen LogP contribution < -0.4 is 10.7 Å². The van der Waals surface area contributed by atoms with Crippen molar-refractivity contribution in [2.24, 2.45) is 5.10 Å². The van der Waals surface area contributed by atoms with Crippen LogP contribution in [0.2, 0.25) is 0 Å². The van der Waals surface area contributed by atoms with Crippen LogP contribution in [-0.4, -0.2) is 17.5 Å². The number of carbonyl (C=O) groups is 2. The van der Waals surface area contributed by atoms with Crippen LogP contribution in [0.1, 0.15) is 24.8 Å². The van der Waals surface area contributed by atoms with E-state index in [-0.39, 0.29) is 29.8 Å². The average Bonchev–Trinajstić information content (AvgIpc) is 3.03. The second-order valence-electron chi connectivity index (χ2n) is 4.81. The van der Waals surface area contributed by atoms with Crippen molar-refractivity contribution in [1.82, 2.24) is 10.7 Å². The molecule has 6 heteroatoms. The van der Waals surface area contributed by atoms with Gasteiger partial charge in [0.2, 0.25) is 5.91 Å². The molecule has 2 amide bonds. The Kier molecular flexibility index (Phi) is 2.58. The summed E-state index contributed by atoms with van der Waals surface area (Å²) < 4.78 is 12.9. The monoisotopic (exact) mass is 261 g/mol. The molecule has 0 atom stereocenters. The number of nitrogens with zero attached hydrogens (tertiary/aromatic N) is 1. The van der Waals surface area contributed by atoms with E-state index < -0.39 is 5.54 Å². The van der Waals surface area contributed by atoms with Crippen molar-refractivity contribution < 1.29 is 14.0 Å². The first-order valence-corrected chi connectivity index (χ1v) is 6.03. The van der Waals surface area contributed by atoms with Crippen molar-refractivity contribution in [3.8, 4) is 0 Å². The average molecular weight is 261 g/mol. The van der Waals surface area contributed by atoms with Crippen LogP contribution in [0.15, 0.2) is 29.4 Å². The fourth-order valence-electron chi connectivity index (χ4n) is 2.16. The van der Waals surface area contributed by atoms with Crippen LogP contribution in [0.4, 0.5) is 4.39 Å². The molecule has 1 aliphatic carbocycles. The molecule has 1 aromatic rings. The third kappa shape index (κ3) is 2.21. The Bertz CT molecular complexity index is 576. The lowest BCUT2D eigenvalue weighted by molar-refractivity contribution is -0.120. The van der Waals surface area contributed by atoms with Crippen LogP contribution in [-0.2, 0) is 15.1 Å². The normalized spacial score (nSPS) is 19.6. The molecular formula is C13H12FN3O2. The van der Waals surface area contributed by atoms with Gasteiger partial charge in [-0.3, -0.25) is 9.59 Å². The summed E-state index contributed by atoms with van der Waals surface area (Å²) in [5, 5.41) is 6.56. The zero-order chi connectivity index (χ0) is 13.5. The SMILES string of the molecule is O=C1CC(C(=O)NC2(c3ccc(F)cc3)CC2)=NN1. The molecule has 19 heavy (non-hydrogen) atoms. The lowest BCUT2D eigenvalue weighted by Gasteiger charge is -2.17. The maximum Gasteiger partial charge on any atom is 0.268 e. The maximum absolute atomic E-state index is 12.9. The summed E-state index contributed by atoms with van der Waals surface area (Å²) in [4.78, 5) is 23.0. The Morgan fingerprint density at radius 2 is 2.00 bits per heavy atom. The molecule has 0 bridgehead atoms. The summed E-state index contributed by atoms with van der Waals surface area (Å²) in [5.74, 6) is -0.933. The van der Waals surface area contributed by atoms with Crippen LogP contribution in [0.5, 0.6) is 0 Å². The van der Waals surface area contributed by atoms with Gasteiger partial charge in [0.15, 0.2) is 0 Å². The van der Waals surface area contributed by atoms with Gasteiger partial charge < -0.3 is 5.32 Å². The number of nitrogens with one attached hydrogen (secondary N) is 2. The van der Waals surface area contributed by atoms with E-state index in [1.165, 1.54) is 12.1 Å². The largest absolute Gasteiger partial charge is 0.341 e. The Morgan fingerprint density at radius 3 is 2.53 bits per heavy atom. The van der Waals surface area contributed by atoms with Crippen LogP contribution in [0.3, 0.4) is 0 Å². The number of hydrazone groups is 1. The summed E-state index contributed by atoms with van der Waals surface area (Å²) in [6.45, 7) is 0. The Balaban J connectivity index is 1.74. The minimum Gasteiger partial charge on any atom is -0.341 e. The number of halogens is 1. The van der Waals surface area contributed by atoms with Crippen LogP contribution in [0.25, 0.3) is 0 Å². The summed E-state index contributed by atoms with van der Waals surface area (Å²) >= 11 is 0. The highest BCUT2D eigenvalue weighted by molar-refractivity contribution is 6.43. The van der Waals surface area contributed by atoms with Gasteiger partial charge in [0, 0.05) is 0 Å². The first kappa shape index (κ1) is 11.8. The highest BCUT2D eigenvalue weighted by Crippen LogP contribution is 2.45. The topological polar surface area (TPSA) is 70.6 Å². The Morgan fingerprint density at radius 1 is 1.32 bits per heavy atom. The van der Waals surface area contributed by atoms with E-state index in [0.717, 1.165) is 18.4 Å². The highest BCUT2D eigenvalue weighted by Gasteiger charge is 2.46. The predicted molar refractivity (Wildman–Crippen MR) is 65.6 cm³/mol. The van der Waals surface area contributed by atoms with Gasteiger partial charge in [-0.05, 0) is 30.5 Å². The second-order valence-corrected chi connectivity index (χ2v) is 4.81. The molecule has 0 spiro atoms. The van der Waals surface area contributed by atoms with Gasteiger partial charge in [0.1, 0.15) is 11.5 Å². The van der Waals surface area contributed by atoms with E-state index >= 15 is 0 Å². The molecule has 98 valence electrons. The van der Waals surface area contributed by atoms with Gasteiger partial charge in [0.25, 0.3) is 5.91 Å². The van der Waals surface area contributed by atoms with Crippen molar-refractivity contribution in [3.63, 3.8) is 0 Å². The molecule has 2 N–H and O–H groups in total. The molecule has 0 aromatic heterocycles. The van der Waals surface area contributed by atoms with E-state index in [9.17, 15) is 14.0 Å². The molecular weight excluding hydrogens is 249 g/mol. The molecule has 5 nitrogen and oxygen atoms in total. The quantitative estimate of drug-likeness (QED) is 0.845. The molecule has 2 aliphatic rings. The van der Waals surface area contributed by atoms with Gasteiger partial charge >= 0.3 is 0 Å². The Labute approximate surface area is 108 Å². The second kappa shape index (κ2) is 4.15. The molecule has 0 unspecified atom stereocenters. The molecule has 1 aromatic carbocycles. The number of benzene rings is 1. The third-order valence-corrected chi connectivity index (χ3v) is 3.41. The minimum atomic E-state index is -0.432. The summed E-state index contributed by atoms with van der Waals surface area (Å²) in [6.07, 6.45) is 1.61. The minimum absolute atomic E-state index is 0.00529. The van der Waals surface area contributed by atoms with Crippen molar-refractivity contribution in [3.05, 3.63) is 35.6 Å². The summed E-state index contributed by atoms with van der Waals surface area (Å²) in [7, 11) is 0. The molecule has 3 rings (SSSR count). The molecule has 1 saturated carbocycles. The lowest BCUT2D eigenvalue weighted by Crippen LogP contribution is -2.39. The highest BCUT2D eigenvalue weighted by atomic mass is 19.1. The smallest absolute Gasteiger partial charge is 0.268 e. The fraction of sp³-hybridized carbons (Fsp3) is 0.308. The van der Waals surface area contributed by atoms with Gasteiger partial charge in [-0.25, -0.2) is 9.82 Å². The molecule has 1 aliphatic heterocycles. The van der Waals surface area contributed by atoms with Gasteiger partial charge in [-0.15, -0.1) is 0 Å². The van der Waals surface area contributed by atoms with Crippen LogP contribution >= 0.6 is 0 Å². The number of rotatable bonds is 3. The molecule has 0 saturated heterocycles. The van der Waals surface area contributed by atoms with Crippen molar-refractivity contribution in [1.29, 1.82) is 0 Å². The zero-order valence-corrected chi connectivity index (χ0v) is 10.1. The zero-order valence-electron chi connectivity index (χ0n) is 10.1. The molecule has 1 heterocycles. The summed E-state index contributed by atoms with van der Waals surface area (Å²) in [6, 6.07) is 6.09. The number of amides is 2. The van der Waals surface area contributed by atoms with E-state index in [4.69, 9.17) is 0 Å². The fourth-order valence-corrected chi connectivity index (χ4v) is 2.16. The van der Waals surface area contributed by atoms with E-state index in [1.54, 1.807) is 12.1 Å². The Hall–Kier alpha value is -2.24. The van der Waals surface area contributed by atoms with Gasteiger partial charge in [0.05, 0.1) is 12.0 Å². The maximum atomic E-state index is 12.9. The van der Waals surface area contributed by atoms with E-state index in [2.05, 4.69) is 15.8 Å². The van der Waals surface area contributed by atoms with Crippen molar-refractivity contribution >= 4 is 17.5 Å². The molecule has 0 radical (unpaired) electrons. The number of hydrogen-bond donors (Lipinski definition) is 2. The predicted octanol–water partition coefficient (Wildman–Crippen LogP) is 0.807. The first-order chi connectivity index (χ1) is 9.09. The van der Waals surface area contributed by atoms with E-state index in [1.807, 2.05) is 0 Å². The lowest BCUT2D eigenvalue weighted by atomic mass is 10.0. The van der Waals surface area contributed by atoms with Crippen molar-refractivity contribution in [2.75, 3.05) is 0 Å². The van der Waals surface area contributed by atoms with Gasteiger partial charge in [-0.1, -0.05) is 12.1 Å². The molecule has 1 fully saturated rings. The van der Waals surface area contributed by atoms with Crippen molar-refractivity contribution in [2.45, 2.75) is 24.8 Å². The van der Waals surface area contributed by atoms with Gasteiger partial charge in [-0.2, -0.15) is 5.10 Å². The van der Waals surface area contributed by atoms with E-state index in [0.29, 0.717) is 0 Å². The first-order valence-electron chi connectivity index (χ1n) is 6.03. The van der Waals surface area contributed by atoms with Crippen LogP contribution in [0, 0.1) is 5.82 Å². The number of hydrogen-bond acceptors (Lipinski definition) is 3. The number of carbonyl (C=O) groups excluding carboxylic acids is 2. The summed E-state index contributed by atoms with van der Waals surface area (Å²) in [5.41, 5.74) is 2.88. The third-order valence-electron chi connectivity index (χ3n) is 3.41.